The molecule has 2 heterocycles. The maximum absolute atomic E-state index is 12.9. The highest BCUT2D eigenvalue weighted by Crippen LogP contribution is 2.29. The first-order valence-electron chi connectivity index (χ1n) is 12.0. The van der Waals surface area contributed by atoms with Gasteiger partial charge in [-0.25, -0.2) is 0 Å². The summed E-state index contributed by atoms with van der Waals surface area (Å²) in [5.41, 5.74) is 1.23. The third kappa shape index (κ3) is 7.56. The predicted octanol–water partition coefficient (Wildman–Crippen LogP) is 0.897. The van der Waals surface area contributed by atoms with Gasteiger partial charge in [0.15, 0.2) is 0 Å². The van der Waals surface area contributed by atoms with E-state index in [1.807, 2.05) is 7.05 Å². The lowest BCUT2D eigenvalue weighted by Gasteiger charge is -2.27. The number of benzene rings is 1. The Morgan fingerprint density at radius 2 is 1.57 bits per heavy atom. The summed E-state index contributed by atoms with van der Waals surface area (Å²) in [4.78, 5) is 50.1. The Morgan fingerprint density at radius 1 is 0.914 bits per heavy atom. The summed E-state index contributed by atoms with van der Waals surface area (Å²) in [6.45, 7) is 4.42. The number of amides is 4. The number of ether oxygens (including phenoxy) is 3. The summed E-state index contributed by atoms with van der Waals surface area (Å²) >= 11 is 0. The van der Waals surface area contributed by atoms with Crippen molar-refractivity contribution in [3.8, 4) is 0 Å². The number of hydrogen-bond donors (Lipinski definition) is 3. The van der Waals surface area contributed by atoms with Crippen molar-refractivity contribution in [2.24, 2.45) is 0 Å². The first-order valence-corrected chi connectivity index (χ1v) is 12.0. The average Bonchev–Trinajstić information content (AvgIpc) is 3.09. The van der Waals surface area contributed by atoms with Crippen molar-refractivity contribution in [3.63, 3.8) is 0 Å². The number of nitrogens with zero attached hydrogens (tertiary/aromatic N) is 1. The maximum Gasteiger partial charge on any atom is 0.262 e. The molecule has 2 aliphatic heterocycles. The van der Waals surface area contributed by atoms with Gasteiger partial charge in [0.05, 0.1) is 24.5 Å². The van der Waals surface area contributed by atoms with Gasteiger partial charge in [-0.3, -0.25) is 34.7 Å². The second kappa shape index (κ2) is 13.9. The molecule has 192 valence electrons. The molecular formula is C24H34N4O7. The van der Waals surface area contributed by atoms with Crippen LogP contribution >= 0.6 is 0 Å². The van der Waals surface area contributed by atoms with Crippen molar-refractivity contribution in [3.05, 3.63) is 29.3 Å². The standard InChI is InChI=1S/C24H34N4O7/c1-25-16-35-14-4-13-34-12-3-11-33-10-2-9-26-17-5-6-18-19(15-17)24(32)28(23(18)31)20-7-8-21(29)27-22(20)30/h5-6,15,20,25-26H,2-4,7-14,16H2,1H3,(H,27,29,30). The minimum absolute atomic E-state index is 0.0956. The summed E-state index contributed by atoms with van der Waals surface area (Å²) < 4.78 is 16.4. The zero-order valence-electron chi connectivity index (χ0n) is 20.1. The van der Waals surface area contributed by atoms with Crippen LogP contribution in [0.15, 0.2) is 18.2 Å². The molecule has 1 fully saturated rings. The molecule has 3 rings (SSSR count). The van der Waals surface area contributed by atoms with E-state index in [0.717, 1.165) is 24.2 Å². The third-order valence-corrected chi connectivity index (χ3v) is 5.64. The lowest BCUT2D eigenvalue weighted by atomic mass is 10.0. The second-order valence-electron chi connectivity index (χ2n) is 8.33. The number of hydrogen-bond acceptors (Lipinski definition) is 9. The minimum Gasteiger partial charge on any atom is -0.385 e. The number of imide groups is 2. The van der Waals surface area contributed by atoms with Crippen molar-refractivity contribution in [1.82, 2.24) is 15.5 Å². The summed E-state index contributed by atoms with van der Waals surface area (Å²) in [7, 11) is 1.84. The van der Waals surface area contributed by atoms with E-state index in [9.17, 15) is 19.2 Å². The van der Waals surface area contributed by atoms with Gasteiger partial charge in [0.25, 0.3) is 11.8 Å². The van der Waals surface area contributed by atoms with E-state index < -0.39 is 29.7 Å². The topological polar surface area (TPSA) is 135 Å². The molecule has 2 aliphatic rings. The average molecular weight is 491 g/mol. The predicted molar refractivity (Wildman–Crippen MR) is 127 cm³/mol. The highest BCUT2D eigenvalue weighted by Gasteiger charge is 2.44. The molecule has 0 aromatic heterocycles. The molecule has 1 aromatic rings. The molecule has 1 saturated heterocycles. The number of carbonyl (C=O) groups excluding carboxylic acids is 4. The molecule has 1 unspecified atom stereocenters. The van der Waals surface area contributed by atoms with Gasteiger partial charge in [0, 0.05) is 45.1 Å². The third-order valence-electron chi connectivity index (χ3n) is 5.64. The van der Waals surface area contributed by atoms with E-state index in [1.165, 1.54) is 0 Å². The fourth-order valence-corrected chi connectivity index (χ4v) is 3.89. The van der Waals surface area contributed by atoms with Crippen molar-refractivity contribution >= 4 is 29.3 Å². The van der Waals surface area contributed by atoms with E-state index in [0.29, 0.717) is 52.0 Å². The first-order chi connectivity index (χ1) is 17.0. The molecule has 1 aromatic carbocycles. The van der Waals surface area contributed by atoms with Crippen LogP contribution in [0.1, 0.15) is 52.8 Å². The van der Waals surface area contributed by atoms with Crippen LogP contribution in [0.3, 0.4) is 0 Å². The number of rotatable bonds is 16. The smallest absolute Gasteiger partial charge is 0.262 e. The molecule has 4 amide bonds. The Balaban J connectivity index is 1.31. The lowest BCUT2D eigenvalue weighted by molar-refractivity contribution is -0.136. The Hall–Kier alpha value is -2.86. The largest absolute Gasteiger partial charge is 0.385 e. The zero-order valence-corrected chi connectivity index (χ0v) is 20.1. The molecule has 1 atom stereocenters. The number of piperidine rings is 1. The van der Waals surface area contributed by atoms with Crippen molar-refractivity contribution in [2.45, 2.75) is 38.1 Å². The van der Waals surface area contributed by atoms with Crippen molar-refractivity contribution < 1.29 is 33.4 Å². The van der Waals surface area contributed by atoms with E-state index >= 15 is 0 Å². The van der Waals surface area contributed by atoms with Crippen molar-refractivity contribution in [2.75, 3.05) is 58.7 Å². The molecular weight excluding hydrogens is 456 g/mol. The molecule has 0 radical (unpaired) electrons. The molecule has 0 bridgehead atoms. The summed E-state index contributed by atoms with van der Waals surface area (Å²) in [5, 5.41) is 8.34. The molecule has 35 heavy (non-hydrogen) atoms. The van der Waals surface area contributed by atoms with Crippen LogP contribution in [0, 0.1) is 0 Å². The zero-order chi connectivity index (χ0) is 25.0. The van der Waals surface area contributed by atoms with Crippen LogP contribution in [0.5, 0.6) is 0 Å². The monoisotopic (exact) mass is 490 g/mol. The SMILES string of the molecule is CNCOCCCOCCCOCCCNc1ccc2c(c1)C(=O)N(C1CCC(=O)NC1=O)C2=O. The Kier molecular flexibility index (Phi) is 10.6. The summed E-state index contributed by atoms with van der Waals surface area (Å²) in [6, 6.07) is 3.99. The van der Waals surface area contributed by atoms with Gasteiger partial charge in [0.2, 0.25) is 11.8 Å². The van der Waals surface area contributed by atoms with Gasteiger partial charge in [-0.2, -0.15) is 0 Å². The van der Waals surface area contributed by atoms with Gasteiger partial charge in [-0.05, 0) is 50.9 Å². The van der Waals surface area contributed by atoms with Gasteiger partial charge in [0.1, 0.15) is 6.04 Å². The van der Waals surface area contributed by atoms with E-state index in [1.54, 1.807) is 18.2 Å². The Labute approximate surface area is 204 Å². The Bertz CT molecular complexity index is 908. The number of carbonyl (C=O) groups is 4. The van der Waals surface area contributed by atoms with Crippen molar-refractivity contribution in [1.29, 1.82) is 0 Å². The highest BCUT2D eigenvalue weighted by molar-refractivity contribution is 6.23. The quantitative estimate of drug-likeness (QED) is 0.175. The lowest BCUT2D eigenvalue weighted by Crippen LogP contribution is -2.54. The number of nitrogens with one attached hydrogen (secondary N) is 3. The van der Waals surface area contributed by atoms with Crippen LogP contribution in [0.4, 0.5) is 5.69 Å². The minimum atomic E-state index is -0.962. The van der Waals surface area contributed by atoms with Crippen LogP contribution < -0.4 is 16.0 Å². The maximum atomic E-state index is 12.9. The van der Waals surface area contributed by atoms with E-state index in [-0.39, 0.29) is 24.0 Å². The number of anilines is 1. The van der Waals surface area contributed by atoms with Crippen LogP contribution in [-0.2, 0) is 23.8 Å². The van der Waals surface area contributed by atoms with E-state index in [2.05, 4.69) is 16.0 Å². The summed E-state index contributed by atoms with van der Waals surface area (Å²) in [6.07, 6.45) is 2.70. The second-order valence-corrected chi connectivity index (χ2v) is 8.33. The molecule has 11 nitrogen and oxygen atoms in total. The molecule has 0 aliphatic carbocycles. The Morgan fingerprint density at radius 3 is 2.26 bits per heavy atom. The molecule has 3 N–H and O–H groups in total. The van der Waals surface area contributed by atoms with Crippen LogP contribution in [0.25, 0.3) is 0 Å². The molecule has 0 spiro atoms. The van der Waals surface area contributed by atoms with Gasteiger partial charge in [-0.15, -0.1) is 0 Å². The van der Waals surface area contributed by atoms with E-state index in [4.69, 9.17) is 14.2 Å². The number of fused-ring (bicyclic) bond motifs is 1. The van der Waals surface area contributed by atoms with Gasteiger partial charge >= 0.3 is 0 Å². The van der Waals surface area contributed by atoms with Gasteiger partial charge < -0.3 is 19.5 Å². The molecule has 11 heteroatoms. The molecule has 0 saturated carbocycles. The normalized spacial score (nSPS) is 17.6. The fraction of sp³-hybridized carbons (Fsp3) is 0.583. The first kappa shape index (κ1) is 26.7. The van der Waals surface area contributed by atoms with Crippen LogP contribution in [0.2, 0.25) is 0 Å². The highest BCUT2D eigenvalue weighted by atomic mass is 16.5. The van der Waals surface area contributed by atoms with Gasteiger partial charge in [-0.1, -0.05) is 0 Å². The fourth-order valence-electron chi connectivity index (χ4n) is 3.89. The van der Waals surface area contributed by atoms with Crippen LogP contribution in [-0.4, -0.2) is 87.9 Å². The summed E-state index contributed by atoms with van der Waals surface area (Å²) in [5.74, 6) is -2.03.